The number of para-hydroxylation sites is 1. The van der Waals surface area contributed by atoms with E-state index in [-0.39, 0.29) is 0 Å². The number of fused-ring (bicyclic) bond motifs is 1. The zero-order valence-corrected chi connectivity index (χ0v) is 14.1. The molecule has 4 rings (SSSR count). The van der Waals surface area contributed by atoms with Crippen LogP contribution in [0, 0.1) is 0 Å². The number of nitrogens with zero attached hydrogens (tertiary/aromatic N) is 6. The molecular weight excluding hydrogens is 324 g/mol. The second-order valence-electron chi connectivity index (χ2n) is 5.96. The van der Waals surface area contributed by atoms with Gasteiger partial charge >= 0.3 is 0 Å². The quantitative estimate of drug-likeness (QED) is 0.728. The lowest BCUT2D eigenvalue weighted by Gasteiger charge is -2.35. The SMILES string of the molecule is Clc1cnn(CCN2CCN(c3ncnc4ccccc34)CC2)c1. The third-order valence-corrected chi connectivity index (χ3v) is 4.64. The maximum Gasteiger partial charge on any atom is 0.139 e. The van der Waals surface area contributed by atoms with E-state index in [2.05, 4.69) is 30.9 Å². The Morgan fingerprint density at radius 2 is 1.83 bits per heavy atom. The highest BCUT2D eigenvalue weighted by Gasteiger charge is 2.19. The Balaban J connectivity index is 1.38. The fourth-order valence-electron chi connectivity index (χ4n) is 3.13. The molecule has 0 saturated carbocycles. The highest BCUT2D eigenvalue weighted by Crippen LogP contribution is 2.23. The standard InChI is InChI=1S/C17H19ClN6/c18-14-11-21-24(12-14)10-7-22-5-8-23(9-6-22)17-15-3-1-2-4-16(15)19-13-20-17/h1-4,11-13H,5-10H2. The van der Waals surface area contributed by atoms with Crippen molar-refractivity contribution in [3.63, 3.8) is 0 Å². The maximum atomic E-state index is 5.90. The van der Waals surface area contributed by atoms with Crippen molar-refractivity contribution in [2.24, 2.45) is 0 Å². The summed E-state index contributed by atoms with van der Waals surface area (Å²) < 4.78 is 1.90. The normalized spacial score (nSPS) is 16.0. The first-order valence-electron chi connectivity index (χ1n) is 8.14. The van der Waals surface area contributed by atoms with Crippen molar-refractivity contribution in [1.29, 1.82) is 0 Å². The Hall–Kier alpha value is -2.18. The number of rotatable bonds is 4. The number of hydrogen-bond donors (Lipinski definition) is 0. The Morgan fingerprint density at radius 1 is 1.00 bits per heavy atom. The highest BCUT2D eigenvalue weighted by atomic mass is 35.5. The van der Waals surface area contributed by atoms with Crippen molar-refractivity contribution in [1.82, 2.24) is 24.6 Å². The van der Waals surface area contributed by atoms with Crippen molar-refractivity contribution in [3.8, 4) is 0 Å². The molecule has 1 fully saturated rings. The van der Waals surface area contributed by atoms with E-state index < -0.39 is 0 Å². The first-order chi connectivity index (χ1) is 11.8. The van der Waals surface area contributed by atoms with E-state index in [4.69, 9.17) is 11.6 Å². The zero-order chi connectivity index (χ0) is 16.4. The van der Waals surface area contributed by atoms with Crippen LogP contribution in [0.15, 0.2) is 43.0 Å². The van der Waals surface area contributed by atoms with Crippen LogP contribution in [-0.4, -0.2) is 57.4 Å². The fraction of sp³-hybridized carbons (Fsp3) is 0.353. The summed E-state index contributed by atoms with van der Waals surface area (Å²) >= 11 is 5.90. The monoisotopic (exact) mass is 342 g/mol. The molecule has 1 aromatic carbocycles. The molecule has 3 aromatic rings. The molecule has 0 unspecified atom stereocenters. The Bertz CT molecular complexity index is 819. The van der Waals surface area contributed by atoms with Crippen molar-refractivity contribution in [2.45, 2.75) is 6.54 Å². The predicted molar refractivity (Wildman–Crippen MR) is 95.4 cm³/mol. The molecule has 2 aromatic heterocycles. The molecule has 24 heavy (non-hydrogen) atoms. The molecule has 0 N–H and O–H groups in total. The van der Waals surface area contributed by atoms with Crippen LogP contribution >= 0.6 is 11.6 Å². The van der Waals surface area contributed by atoms with Gasteiger partial charge in [-0.25, -0.2) is 9.97 Å². The number of anilines is 1. The molecule has 0 atom stereocenters. The van der Waals surface area contributed by atoms with Gasteiger partial charge in [-0.2, -0.15) is 5.10 Å². The summed E-state index contributed by atoms with van der Waals surface area (Å²) in [6.45, 7) is 5.84. The summed E-state index contributed by atoms with van der Waals surface area (Å²) in [5.74, 6) is 1.04. The minimum absolute atomic E-state index is 0.690. The summed E-state index contributed by atoms with van der Waals surface area (Å²) in [5.41, 5.74) is 1.00. The molecule has 7 heteroatoms. The summed E-state index contributed by atoms with van der Waals surface area (Å²) in [7, 11) is 0. The van der Waals surface area contributed by atoms with Crippen LogP contribution < -0.4 is 4.90 Å². The minimum Gasteiger partial charge on any atom is -0.353 e. The highest BCUT2D eigenvalue weighted by molar-refractivity contribution is 6.30. The molecule has 124 valence electrons. The molecule has 0 aliphatic carbocycles. The second kappa shape index (κ2) is 6.75. The first kappa shape index (κ1) is 15.4. The second-order valence-corrected chi connectivity index (χ2v) is 6.40. The fourth-order valence-corrected chi connectivity index (χ4v) is 3.29. The van der Waals surface area contributed by atoms with E-state index in [0.717, 1.165) is 56.0 Å². The van der Waals surface area contributed by atoms with Gasteiger partial charge in [0.15, 0.2) is 0 Å². The van der Waals surface area contributed by atoms with Gasteiger partial charge in [0.2, 0.25) is 0 Å². The Kier molecular flexibility index (Phi) is 4.32. The van der Waals surface area contributed by atoms with E-state index >= 15 is 0 Å². The number of aromatic nitrogens is 4. The van der Waals surface area contributed by atoms with Gasteiger partial charge in [0.1, 0.15) is 12.1 Å². The van der Waals surface area contributed by atoms with Gasteiger partial charge < -0.3 is 4.90 Å². The lowest BCUT2D eigenvalue weighted by Crippen LogP contribution is -2.47. The molecule has 0 spiro atoms. The molecule has 1 saturated heterocycles. The average molecular weight is 343 g/mol. The van der Waals surface area contributed by atoms with Gasteiger partial charge in [-0.05, 0) is 12.1 Å². The Labute approximate surface area is 145 Å². The van der Waals surface area contributed by atoms with E-state index in [9.17, 15) is 0 Å². The largest absolute Gasteiger partial charge is 0.353 e. The van der Waals surface area contributed by atoms with Crippen LogP contribution in [0.3, 0.4) is 0 Å². The van der Waals surface area contributed by atoms with Crippen LogP contribution in [-0.2, 0) is 6.54 Å². The molecule has 3 heterocycles. The van der Waals surface area contributed by atoms with Crippen molar-refractivity contribution in [3.05, 3.63) is 48.0 Å². The van der Waals surface area contributed by atoms with Gasteiger partial charge in [-0.15, -0.1) is 0 Å². The summed E-state index contributed by atoms with van der Waals surface area (Å²) in [4.78, 5) is 13.7. The van der Waals surface area contributed by atoms with Gasteiger partial charge in [-0.1, -0.05) is 23.7 Å². The molecule has 1 aliphatic heterocycles. The van der Waals surface area contributed by atoms with Crippen LogP contribution in [0.2, 0.25) is 5.02 Å². The third-order valence-electron chi connectivity index (χ3n) is 4.44. The number of hydrogen-bond acceptors (Lipinski definition) is 5. The van der Waals surface area contributed by atoms with Crippen LogP contribution in [0.25, 0.3) is 10.9 Å². The topological polar surface area (TPSA) is 50.1 Å². The summed E-state index contributed by atoms with van der Waals surface area (Å²) in [6.07, 6.45) is 5.20. The molecule has 0 amide bonds. The lowest BCUT2D eigenvalue weighted by atomic mass is 10.2. The van der Waals surface area contributed by atoms with E-state index in [1.54, 1.807) is 12.5 Å². The van der Waals surface area contributed by atoms with Crippen LogP contribution in [0.5, 0.6) is 0 Å². The number of halogens is 1. The first-order valence-corrected chi connectivity index (χ1v) is 8.52. The van der Waals surface area contributed by atoms with Crippen molar-refractivity contribution in [2.75, 3.05) is 37.6 Å². The zero-order valence-electron chi connectivity index (χ0n) is 13.3. The molecule has 0 radical (unpaired) electrons. The van der Waals surface area contributed by atoms with Gasteiger partial charge in [0.25, 0.3) is 0 Å². The van der Waals surface area contributed by atoms with Crippen molar-refractivity contribution < 1.29 is 0 Å². The molecule has 0 bridgehead atoms. The average Bonchev–Trinajstić information content (AvgIpc) is 3.05. The maximum absolute atomic E-state index is 5.90. The molecular formula is C17H19ClN6. The summed E-state index contributed by atoms with van der Waals surface area (Å²) in [6, 6.07) is 8.18. The van der Waals surface area contributed by atoms with E-state index in [0.29, 0.717) is 5.02 Å². The van der Waals surface area contributed by atoms with E-state index in [1.165, 1.54) is 0 Å². The van der Waals surface area contributed by atoms with Crippen LogP contribution in [0.1, 0.15) is 0 Å². The van der Waals surface area contributed by atoms with Gasteiger partial charge in [-0.3, -0.25) is 9.58 Å². The lowest BCUT2D eigenvalue weighted by molar-refractivity contribution is 0.244. The summed E-state index contributed by atoms with van der Waals surface area (Å²) in [5, 5.41) is 6.04. The third kappa shape index (κ3) is 3.20. The smallest absolute Gasteiger partial charge is 0.139 e. The minimum atomic E-state index is 0.690. The van der Waals surface area contributed by atoms with Crippen LogP contribution in [0.4, 0.5) is 5.82 Å². The molecule has 1 aliphatic rings. The molecule has 6 nitrogen and oxygen atoms in total. The van der Waals surface area contributed by atoms with Crippen molar-refractivity contribution >= 4 is 28.3 Å². The van der Waals surface area contributed by atoms with E-state index in [1.807, 2.05) is 29.1 Å². The number of benzene rings is 1. The Morgan fingerprint density at radius 3 is 2.62 bits per heavy atom. The van der Waals surface area contributed by atoms with Gasteiger partial charge in [0.05, 0.1) is 23.3 Å². The number of piperazine rings is 1. The predicted octanol–water partition coefficient (Wildman–Crippen LogP) is 2.30. The van der Waals surface area contributed by atoms with Gasteiger partial charge in [0, 0.05) is 44.3 Å².